The number of benzene rings is 3. The third kappa shape index (κ3) is 2.83. The molecular formula is C22H19N. The van der Waals surface area contributed by atoms with Gasteiger partial charge in [0.2, 0.25) is 0 Å². The molecule has 23 heavy (non-hydrogen) atoms. The first-order chi connectivity index (χ1) is 11.4. The fourth-order valence-corrected chi connectivity index (χ4v) is 3.41. The van der Waals surface area contributed by atoms with Crippen molar-refractivity contribution in [1.29, 1.82) is 0 Å². The third-order valence-corrected chi connectivity index (χ3v) is 4.57. The summed E-state index contributed by atoms with van der Waals surface area (Å²) >= 11 is 0. The second kappa shape index (κ2) is 6.21. The summed E-state index contributed by atoms with van der Waals surface area (Å²) in [4.78, 5) is 5.10. The molecule has 0 spiro atoms. The quantitative estimate of drug-likeness (QED) is 0.613. The van der Waals surface area contributed by atoms with Crippen LogP contribution in [0.3, 0.4) is 0 Å². The van der Waals surface area contributed by atoms with Crippen LogP contribution in [0.1, 0.15) is 35.1 Å². The van der Waals surface area contributed by atoms with Crippen LogP contribution < -0.4 is 0 Å². The maximum Gasteiger partial charge on any atom is 0.0824 e. The summed E-state index contributed by atoms with van der Waals surface area (Å²) < 4.78 is 0. The fourth-order valence-electron chi connectivity index (χ4n) is 3.41. The van der Waals surface area contributed by atoms with Crippen molar-refractivity contribution in [3.05, 3.63) is 108 Å². The lowest BCUT2D eigenvalue weighted by molar-refractivity contribution is 0.614. The average Bonchev–Trinajstić information content (AvgIpc) is 3.09. The summed E-state index contributed by atoms with van der Waals surface area (Å²) in [7, 11) is 0. The summed E-state index contributed by atoms with van der Waals surface area (Å²) in [5.74, 6) is 0.411. The Bertz CT molecular complexity index is 791. The zero-order valence-electron chi connectivity index (χ0n) is 13.0. The molecule has 0 radical (unpaired) electrons. The summed E-state index contributed by atoms with van der Waals surface area (Å²) in [6.45, 7) is 0. The molecule has 3 aromatic carbocycles. The lowest BCUT2D eigenvalue weighted by Gasteiger charge is -2.18. The monoisotopic (exact) mass is 297 g/mol. The molecule has 1 heterocycles. The Kier molecular flexibility index (Phi) is 3.77. The number of hydrogen-bond donors (Lipinski definition) is 0. The summed E-state index contributed by atoms with van der Waals surface area (Å²) in [6.07, 6.45) is 0.994. The number of aliphatic imine (C=N–C) groups is 1. The van der Waals surface area contributed by atoms with Crippen LogP contribution in [0.4, 0.5) is 0 Å². The molecule has 0 saturated heterocycles. The molecule has 0 amide bonds. The van der Waals surface area contributed by atoms with E-state index in [1.54, 1.807) is 0 Å². The second-order valence-electron chi connectivity index (χ2n) is 6.02. The number of nitrogens with zero attached hydrogens (tertiary/aromatic N) is 1. The normalized spacial score (nSPS) is 20.3. The molecule has 0 fully saturated rings. The van der Waals surface area contributed by atoms with E-state index >= 15 is 0 Å². The van der Waals surface area contributed by atoms with E-state index in [9.17, 15) is 0 Å². The van der Waals surface area contributed by atoms with E-state index in [0.717, 1.165) is 6.42 Å². The smallest absolute Gasteiger partial charge is 0.0824 e. The van der Waals surface area contributed by atoms with Gasteiger partial charge in [-0.05, 0) is 23.1 Å². The van der Waals surface area contributed by atoms with Gasteiger partial charge in [0.1, 0.15) is 0 Å². The number of hydrogen-bond acceptors (Lipinski definition) is 1. The van der Waals surface area contributed by atoms with Crippen LogP contribution in [0, 0.1) is 0 Å². The van der Waals surface area contributed by atoms with Gasteiger partial charge in [-0.25, -0.2) is 0 Å². The van der Waals surface area contributed by atoms with Gasteiger partial charge in [-0.1, -0.05) is 91.0 Å². The van der Waals surface area contributed by atoms with Crippen molar-refractivity contribution in [2.75, 3.05) is 0 Å². The highest BCUT2D eigenvalue weighted by Gasteiger charge is 2.31. The topological polar surface area (TPSA) is 12.4 Å². The van der Waals surface area contributed by atoms with E-state index in [1.807, 2.05) is 0 Å². The van der Waals surface area contributed by atoms with Crippen LogP contribution in [0.5, 0.6) is 0 Å². The average molecular weight is 297 g/mol. The maximum atomic E-state index is 5.10. The van der Waals surface area contributed by atoms with E-state index in [-0.39, 0.29) is 6.04 Å². The Labute approximate surface area is 137 Å². The summed E-state index contributed by atoms with van der Waals surface area (Å²) in [5.41, 5.74) is 5.13. The summed E-state index contributed by atoms with van der Waals surface area (Å²) in [5, 5.41) is 0. The SMILES string of the molecule is c1ccc(C2=NC(c3ccccc3)C(c3ccccc3)C2)cc1. The first-order valence-corrected chi connectivity index (χ1v) is 8.14. The highest BCUT2D eigenvalue weighted by Crippen LogP contribution is 2.42. The van der Waals surface area contributed by atoms with E-state index in [2.05, 4.69) is 91.0 Å². The number of rotatable bonds is 3. The molecule has 1 nitrogen and oxygen atoms in total. The minimum atomic E-state index is 0.203. The molecule has 0 N–H and O–H groups in total. The Hall–Kier alpha value is -2.67. The standard InChI is InChI=1S/C22H19N/c1-4-10-17(11-5-1)20-16-21(18-12-6-2-7-13-18)23-22(20)19-14-8-3-9-15-19/h1-15,20,22H,16H2. The minimum Gasteiger partial charge on any atom is -0.280 e. The molecule has 2 unspecified atom stereocenters. The highest BCUT2D eigenvalue weighted by atomic mass is 14.9. The van der Waals surface area contributed by atoms with E-state index in [1.165, 1.54) is 22.4 Å². The van der Waals surface area contributed by atoms with Crippen LogP contribution in [0.15, 0.2) is 96.0 Å². The maximum absolute atomic E-state index is 5.10. The largest absolute Gasteiger partial charge is 0.280 e. The predicted octanol–water partition coefficient (Wildman–Crippen LogP) is 5.40. The van der Waals surface area contributed by atoms with Gasteiger partial charge < -0.3 is 0 Å². The van der Waals surface area contributed by atoms with E-state index < -0.39 is 0 Å². The zero-order valence-corrected chi connectivity index (χ0v) is 13.0. The molecule has 3 aromatic rings. The Morgan fingerprint density at radius 2 is 1.13 bits per heavy atom. The molecule has 0 aromatic heterocycles. The molecule has 0 saturated carbocycles. The summed E-state index contributed by atoms with van der Waals surface area (Å²) in [6, 6.07) is 32.2. The fraction of sp³-hybridized carbons (Fsp3) is 0.136. The van der Waals surface area contributed by atoms with E-state index in [0.29, 0.717) is 5.92 Å². The minimum absolute atomic E-state index is 0.203. The molecular weight excluding hydrogens is 278 g/mol. The lowest BCUT2D eigenvalue weighted by Crippen LogP contribution is -2.06. The van der Waals surface area contributed by atoms with Gasteiger partial charge in [0.25, 0.3) is 0 Å². The van der Waals surface area contributed by atoms with Crippen LogP contribution in [0.25, 0.3) is 0 Å². The Balaban J connectivity index is 1.75. The van der Waals surface area contributed by atoms with Crippen LogP contribution in [0.2, 0.25) is 0 Å². The first kappa shape index (κ1) is 14.0. The van der Waals surface area contributed by atoms with Gasteiger partial charge in [-0.3, -0.25) is 4.99 Å². The van der Waals surface area contributed by atoms with Gasteiger partial charge in [0.05, 0.1) is 6.04 Å². The van der Waals surface area contributed by atoms with Gasteiger partial charge in [0.15, 0.2) is 0 Å². The Morgan fingerprint density at radius 1 is 0.609 bits per heavy atom. The van der Waals surface area contributed by atoms with Crippen molar-refractivity contribution in [2.45, 2.75) is 18.4 Å². The van der Waals surface area contributed by atoms with E-state index in [4.69, 9.17) is 4.99 Å². The van der Waals surface area contributed by atoms with Crippen molar-refractivity contribution in [2.24, 2.45) is 4.99 Å². The van der Waals surface area contributed by atoms with Crippen LogP contribution >= 0.6 is 0 Å². The molecule has 1 heteroatoms. The van der Waals surface area contributed by atoms with Gasteiger partial charge in [-0.15, -0.1) is 0 Å². The van der Waals surface area contributed by atoms with Gasteiger partial charge in [-0.2, -0.15) is 0 Å². The van der Waals surface area contributed by atoms with Crippen molar-refractivity contribution in [1.82, 2.24) is 0 Å². The van der Waals surface area contributed by atoms with Crippen molar-refractivity contribution < 1.29 is 0 Å². The van der Waals surface area contributed by atoms with Crippen molar-refractivity contribution in [3.8, 4) is 0 Å². The molecule has 0 bridgehead atoms. The lowest BCUT2D eigenvalue weighted by atomic mass is 9.86. The van der Waals surface area contributed by atoms with Crippen LogP contribution in [-0.4, -0.2) is 5.71 Å². The molecule has 1 aliphatic rings. The third-order valence-electron chi connectivity index (χ3n) is 4.57. The van der Waals surface area contributed by atoms with Crippen molar-refractivity contribution >= 4 is 5.71 Å². The molecule has 1 aliphatic heterocycles. The van der Waals surface area contributed by atoms with Gasteiger partial charge in [0, 0.05) is 11.6 Å². The first-order valence-electron chi connectivity index (χ1n) is 8.14. The zero-order chi connectivity index (χ0) is 15.5. The predicted molar refractivity (Wildman–Crippen MR) is 96.0 cm³/mol. The highest BCUT2D eigenvalue weighted by molar-refractivity contribution is 6.02. The second-order valence-corrected chi connectivity index (χ2v) is 6.02. The molecule has 2 atom stereocenters. The van der Waals surface area contributed by atoms with Crippen molar-refractivity contribution in [3.63, 3.8) is 0 Å². The van der Waals surface area contributed by atoms with Gasteiger partial charge >= 0.3 is 0 Å². The molecule has 4 rings (SSSR count). The molecule has 0 aliphatic carbocycles. The van der Waals surface area contributed by atoms with Crippen LogP contribution in [-0.2, 0) is 0 Å². The Morgan fingerprint density at radius 3 is 1.74 bits per heavy atom. The molecule has 112 valence electrons.